The summed E-state index contributed by atoms with van der Waals surface area (Å²) in [7, 11) is 3.52. The van der Waals surface area contributed by atoms with Crippen LogP contribution in [0.3, 0.4) is 0 Å². The third kappa shape index (κ3) is 7.85. The summed E-state index contributed by atoms with van der Waals surface area (Å²) in [5.41, 5.74) is 1.16. The number of nitrogens with zero attached hydrogens (tertiary/aromatic N) is 2. The Bertz CT molecular complexity index is 553. The third-order valence-corrected chi connectivity index (χ3v) is 5.32. The molecule has 1 aliphatic carbocycles. The zero-order valence-corrected chi connectivity index (χ0v) is 18.3. The molecule has 2 N–H and O–H groups in total. The number of thioether (sulfide) groups is 1. The van der Waals surface area contributed by atoms with Crippen molar-refractivity contribution in [2.24, 2.45) is 4.99 Å². The monoisotopic (exact) mass is 476 g/mol. The van der Waals surface area contributed by atoms with Crippen LogP contribution in [-0.2, 0) is 11.3 Å². The fraction of sp³-hybridized carbons (Fsp3) is 0.556. The van der Waals surface area contributed by atoms with Crippen molar-refractivity contribution in [3.8, 4) is 0 Å². The van der Waals surface area contributed by atoms with E-state index in [2.05, 4.69) is 34.0 Å². The molecule has 7 heteroatoms. The minimum atomic E-state index is 0. The van der Waals surface area contributed by atoms with Gasteiger partial charge in [0.2, 0.25) is 5.91 Å². The molecule has 1 saturated carbocycles. The van der Waals surface area contributed by atoms with E-state index in [0.717, 1.165) is 29.6 Å². The largest absolute Gasteiger partial charge is 0.354 e. The van der Waals surface area contributed by atoms with E-state index >= 15 is 0 Å². The average molecular weight is 476 g/mol. The Morgan fingerprint density at radius 3 is 2.60 bits per heavy atom. The predicted molar refractivity (Wildman–Crippen MR) is 118 cm³/mol. The molecule has 2 rings (SSSR count). The lowest BCUT2D eigenvalue weighted by Gasteiger charge is -2.19. The van der Waals surface area contributed by atoms with Crippen LogP contribution in [-0.4, -0.2) is 55.0 Å². The molecule has 0 aromatic heterocycles. The molecule has 2 atom stereocenters. The minimum absolute atomic E-state index is 0. The number of halogens is 1. The number of amides is 1. The number of aliphatic imine (C=N–C) groups is 1. The molecule has 1 amide bonds. The molecule has 2 unspecified atom stereocenters. The van der Waals surface area contributed by atoms with Crippen LogP contribution in [0.5, 0.6) is 0 Å². The highest BCUT2D eigenvalue weighted by atomic mass is 127. The smallest absolute Gasteiger partial charge is 0.241 e. The molecule has 0 aliphatic heterocycles. The third-order valence-electron chi connectivity index (χ3n) is 4.23. The number of carbonyl (C=O) groups is 1. The van der Waals surface area contributed by atoms with Gasteiger partial charge >= 0.3 is 0 Å². The quantitative estimate of drug-likeness (QED) is 0.377. The highest BCUT2D eigenvalue weighted by molar-refractivity contribution is 14.0. The molecule has 0 saturated heterocycles. The van der Waals surface area contributed by atoms with Gasteiger partial charge in [0.15, 0.2) is 5.96 Å². The Balaban J connectivity index is 0.00000312. The van der Waals surface area contributed by atoms with Gasteiger partial charge in [-0.05, 0) is 31.1 Å². The highest BCUT2D eigenvalue weighted by Crippen LogP contribution is 2.28. The van der Waals surface area contributed by atoms with E-state index in [4.69, 9.17) is 0 Å². The van der Waals surface area contributed by atoms with Crippen molar-refractivity contribution in [3.05, 3.63) is 35.9 Å². The van der Waals surface area contributed by atoms with Crippen LogP contribution >= 0.6 is 35.7 Å². The number of hydrogen-bond donors (Lipinski definition) is 2. The van der Waals surface area contributed by atoms with E-state index in [9.17, 15) is 4.79 Å². The standard InChI is InChI=1S/C18H28N4OS.HI/c1-22(2)17(23)13-20-18(19-12-14-7-5-4-6-8-14)21-15-9-10-16(11-15)24-3;/h4-8,15-16H,9-13H2,1-3H3,(H2,19,20,21);1H. The average Bonchev–Trinajstić information content (AvgIpc) is 3.05. The second-order valence-corrected chi connectivity index (χ2v) is 7.44. The molecule has 25 heavy (non-hydrogen) atoms. The van der Waals surface area contributed by atoms with Gasteiger partial charge in [0.05, 0.1) is 13.1 Å². The molecule has 0 heterocycles. The summed E-state index contributed by atoms with van der Waals surface area (Å²) >= 11 is 1.93. The predicted octanol–water partition coefficient (Wildman–Crippen LogP) is 2.71. The summed E-state index contributed by atoms with van der Waals surface area (Å²) in [5.74, 6) is 0.762. The number of likely N-dealkylation sites (N-methyl/N-ethyl adjacent to an activating group) is 1. The van der Waals surface area contributed by atoms with E-state index in [-0.39, 0.29) is 36.4 Å². The molecule has 0 radical (unpaired) electrons. The summed E-state index contributed by atoms with van der Waals surface area (Å²) in [5, 5.41) is 7.39. The van der Waals surface area contributed by atoms with Crippen LogP contribution in [0.25, 0.3) is 0 Å². The first-order valence-corrected chi connectivity index (χ1v) is 9.69. The van der Waals surface area contributed by atoms with Gasteiger partial charge in [-0.25, -0.2) is 4.99 Å². The van der Waals surface area contributed by atoms with Crippen LogP contribution in [0.15, 0.2) is 35.3 Å². The van der Waals surface area contributed by atoms with Crippen molar-refractivity contribution in [2.75, 3.05) is 26.9 Å². The Morgan fingerprint density at radius 1 is 1.28 bits per heavy atom. The molecule has 0 bridgehead atoms. The molecule has 1 fully saturated rings. The van der Waals surface area contributed by atoms with E-state index in [1.807, 2.05) is 30.0 Å². The second kappa shape index (κ2) is 11.6. The first-order chi connectivity index (χ1) is 11.6. The summed E-state index contributed by atoms with van der Waals surface area (Å²) < 4.78 is 0. The van der Waals surface area contributed by atoms with E-state index < -0.39 is 0 Å². The molecule has 0 spiro atoms. The Kier molecular flexibility index (Phi) is 10.3. The number of hydrogen-bond acceptors (Lipinski definition) is 3. The van der Waals surface area contributed by atoms with E-state index in [1.165, 1.54) is 6.42 Å². The molecule has 5 nitrogen and oxygen atoms in total. The topological polar surface area (TPSA) is 56.7 Å². The molecular formula is C18H29IN4OS. The Labute approximate surface area is 172 Å². The maximum Gasteiger partial charge on any atom is 0.241 e. The van der Waals surface area contributed by atoms with Crippen molar-refractivity contribution in [2.45, 2.75) is 37.1 Å². The van der Waals surface area contributed by atoms with Gasteiger partial charge in [-0.3, -0.25) is 4.79 Å². The van der Waals surface area contributed by atoms with Gasteiger partial charge in [-0.2, -0.15) is 11.8 Å². The SMILES string of the molecule is CSC1CCC(NC(=NCc2ccccc2)NCC(=O)N(C)C)C1.I. The van der Waals surface area contributed by atoms with Gasteiger partial charge in [0, 0.05) is 25.4 Å². The molecule has 1 aromatic rings. The number of benzene rings is 1. The zero-order chi connectivity index (χ0) is 17.4. The van der Waals surface area contributed by atoms with Gasteiger partial charge in [-0.1, -0.05) is 30.3 Å². The van der Waals surface area contributed by atoms with Crippen molar-refractivity contribution in [1.82, 2.24) is 15.5 Å². The zero-order valence-electron chi connectivity index (χ0n) is 15.2. The fourth-order valence-electron chi connectivity index (χ4n) is 2.70. The molecule has 1 aromatic carbocycles. The molecule has 1 aliphatic rings. The number of carbonyl (C=O) groups excluding carboxylic acids is 1. The fourth-order valence-corrected chi connectivity index (χ4v) is 3.50. The van der Waals surface area contributed by atoms with Gasteiger partial charge in [-0.15, -0.1) is 24.0 Å². The first-order valence-electron chi connectivity index (χ1n) is 8.40. The van der Waals surface area contributed by atoms with Crippen molar-refractivity contribution < 1.29 is 4.79 Å². The lowest BCUT2D eigenvalue weighted by Crippen LogP contribution is -2.46. The van der Waals surface area contributed by atoms with Crippen molar-refractivity contribution in [3.63, 3.8) is 0 Å². The summed E-state index contributed by atoms with van der Waals surface area (Å²) in [4.78, 5) is 18.1. The first kappa shape index (κ1) is 22.1. The Hall–Kier alpha value is -0.960. The number of rotatable bonds is 6. The van der Waals surface area contributed by atoms with Crippen LogP contribution in [0.2, 0.25) is 0 Å². The lowest BCUT2D eigenvalue weighted by atomic mass is 10.2. The van der Waals surface area contributed by atoms with E-state index in [1.54, 1.807) is 19.0 Å². The minimum Gasteiger partial charge on any atom is -0.354 e. The summed E-state index contributed by atoms with van der Waals surface area (Å²) in [6, 6.07) is 10.6. The normalized spacial score (nSPS) is 19.9. The van der Waals surface area contributed by atoms with Crippen molar-refractivity contribution in [1.29, 1.82) is 0 Å². The van der Waals surface area contributed by atoms with Crippen LogP contribution in [0.4, 0.5) is 0 Å². The van der Waals surface area contributed by atoms with Gasteiger partial charge < -0.3 is 15.5 Å². The molecular weight excluding hydrogens is 447 g/mol. The van der Waals surface area contributed by atoms with Gasteiger partial charge in [0.25, 0.3) is 0 Å². The number of nitrogens with one attached hydrogen (secondary N) is 2. The Morgan fingerprint density at radius 2 is 2.00 bits per heavy atom. The maximum absolute atomic E-state index is 11.8. The van der Waals surface area contributed by atoms with Crippen LogP contribution in [0, 0.1) is 0 Å². The number of guanidine groups is 1. The second-order valence-electron chi connectivity index (χ2n) is 6.30. The highest BCUT2D eigenvalue weighted by Gasteiger charge is 2.24. The van der Waals surface area contributed by atoms with Crippen molar-refractivity contribution >= 4 is 47.6 Å². The molecule has 140 valence electrons. The van der Waals surface area contributed by atoms with Crippen LogP contribution < -0.4 is 10.6 Å². The van der Waals surface area contributed by atoms with Gasteiger partial charge in [0.1, 0.15) is 0 Å². The summed E-state index contributed by atoms with van der Waals surface area (Å²) in [6.07, 6.45) is 5.71. The lowest BCUT2D eigenvalue weighted by molar-refractivity contribution is -0.127. The van der Waals surface area contributed by atoms with Crippen LogP contribution in [0.1, 0.15) is 24.8 Å². The summed E-state index contributed by atoms with van der Waals surface area (Å²) in [6.45, 7) is 0.858. The van der Waals surface area contributed by atoms with E-state index in [0.29, 0.717) is 12.6 Å². The maximum atomic E-state index is 11.8.